The van der Waals surface area contributed by atoms with Gasteiger partial charge < -0.3 is 9.72 Å². The number of nitrogens with zero attached hydrogens (tertiary/aromatic N) is 2. The monoisotopic (exact) mass is 317 g/mol. The Kier molecular flexibility index (Phi) is 4.43. The van der Waals surface area contributed by atoms with Crippen LogP contribution in [0, 0.1) is 12.7 Å². The summed E-state index contributed by atoms with van der Waals surface area (Å²) in [5.74, 6) is 1.05. The van der Waals surface area contributed by atoms with Gasteiger partial charge in [-0.1, -0.05) is 0 Å². The van der Waals surface area contributed by atoms with Gasteiger partial charge in [0.05, 0.1) is 12.8 Å². The Balaban J connectivity index is 1.78. The first-order valence-corrected chi connectivity index (χ1v) is 7.70. The van der Waals surface area contributed by atoms with Crippen molar-refractivity contribution in [3.05, 3.63) is 57.0 Å². The van der Waals surface area contributed by atoms with Crippen LogP contribution in [0.25, 0.3) is 0 Å². The van der Waals surface area contributed by atoms with E-state index < -0.39 is 0 Å². The van der Waals surface area contributed by atoms with Crippen LogP contribution in [0.5, 0.6) is 5.75 Å². The van der Waals surface area contributed by atoms with Crippen LogP contribution in [0.4, 0.5) is 4.39 Å². The van der Waals surface area contributed by atoms with Gasteiger partial charge in [-0.15, -0.1) is 0 Å². The minimum Gasteiger partial charge on any atom is -0.497 e. The Hall–Kier alpha value is -2.21. The first-order chi connectivity index (χ1) is 11.1. The molecule has 1 N–H and O–H groups in total. The highest BCUT2D eigenvalue weighted by Crippen LogP contribution is 2.19. The number of fused-ring (bicyclic) bond motifs is 1. The maximum absolute atomic E-state index is 14.0. The van der Waals surface area contributed by atoms with Gasteiger partial charge in [-0.3, -0.25) is 9.69 Å². The van der Waals surface area contributed by atoms with E-state index in [-0.39, 0.29) is 11.4 Å². The molecule has 3 rings (SSSR count). The topological polar surface area (TPSA) is 58.2 Å². The lowest BCUT2D eigenvalue weighted by Gasteiger charge is -2.20. The zero-order chi connectivity index (χ0) is 16.4. The number of benzene rings is 1. The van der Waals surface area contributed by atoms with Crippen molar-refractivity contribution < 1.29 is 9.13 Å². The minimum atomic E-state index is -0.237. The first-order valence-electron chi connectivity index (χ1n) is 7.70. The molecule has 1 aliphatic rings. The summed E-state index contributed by atoms with van der Waals surface area (Å²) in [4.78, 5) is 21.4. The van der Waals surface area contributed by atoms with Crippen LogP contribution in [0.3, 0.4) is 0 Å². The third-order valence-corrected chi connectivity index (χ3v) is 4.21. The molecule has 0 spiro atoms. The van der Waals surface area contributed by atoms with Crippen molar-refractivity contribution >= 4 is 0 Å². The van der Waals surface area contributed by atoms with Crippen molar-refractivity contribution in [3.8, 4) is 5.75 Å². The standard InChI is InChI=1S/C17H20FN3O2/c1-11-19-16-6-8-21(7-5-14(16)17(22)20-11)10-12-9-13(23-2)3-4-15(12)18/h3-4,9H,5-8,10H2,1-2H3,(H,19,20,22). The van der Waals surface area contributed by atoms with E-state index in [2.05, 4.69) is 14.9 Å². The van der Waals surface area contributed by atoms with Crippen molar-refractivity contribution in [2.45, 2.75) is 26.3 Å². The van der Waals surface area contributed by atoms with Crippen LogP contribution >= 0.6 is 0 Å². The molecule has 0 fully saturated rings. The van der Waals surface area contributed by atoms with Gasteiger partial charge in [0.2, 0.25) is 0 Å². The Morgan fingerprint density at radius 2 is 2.13 bits per heavy atom. The molecule has 0 aliphatic carbocycles. The number of rotatable bonds is 3. The van der Waals surface area contributed by atoms with Crippen molar-refractivity contribution in [1.82, 2.24) is 14.9 Å². The van der Waals surface area contributed by atoms with E-state index in [0.717, 1.165) is 17.8 Å². The SMILES string of the molecule is COc1ccc(F)c(CN2CCc3nc(C)[nH]c(=O)c3CC2)c1. The second kappa shape index (κ2) is 6.50. The third kappa shape index (κ3) is 3.42. The molecule has 0 saturated heterocycles. The summed E-state index contributed by atoms with van der Waals surface area (Å²) in [6.07, 6.45) is 1.33. The summed E-state index contributed by atoms with van der Waals surface area (Å²) >= 11 is 0. The Morgan fingerprint density at radius 3 is 2.91 bits per heavy atom. The minimum absolute atomic E-state index is 0.0538. The molecule has 0 saturated carbocycles. The molecule has 2 heterocycles. The molecule has 5 nitrogen and oxygen atoms in total. The lowest BCUT2D eigenvalue weighted by Crippen LogP contribution is -2.26. The number of nitrogens with one attached hydrogen (secondary N) is 1. The van der Waals surface area contributed by atoms with Crippen LogP contribution < -0.4 is 10.3 Å². The van der Waals surface area contributed by atoms with Crippen LogP contribution in [0.2, 0.25) is 0 Å². The molecular weight excluding hydrogens is 297 g/mol. The molecule has 0 atom stereocenters. The van der Waals surface area contributed by atoms with Crippen molar-refractivity contribution in [1.29, 1.82) is 0 Å². The zero-order valence-electron chi connectivity index (χ0n) is 13.4. The highest BCUT2D eigenvalue weighted by molar-refractivity contribution is 5.30. The largest absolute Gasteiger partial charge is 0.497 e. The normalized spacial score (nSPS) is 15.1. The van der Waals surface area contributed by atoms with Crippen LogP contribution in [0.15, 0.2) is 23.0 Å². The second-order valence-electron chi connectivity index (χ2n) is 5.81. The average Bonchev–Trinajstić information content (AvgIpc) is 2.72. The van der Waals surface area contributed by atoms with E-state index >= 15 is 0 Å². The summed E-state index contributed by atoms with van der Waals surface area (Å²) in [5, 5.41) is 0. The van der Waals surface area contributed by atoms with Crippen LogP contribution in [0.1, 0.15) is 22.6 Å². The van der Waals surface area contributed by atoms with Crippen LogP contribution in [-0.2, 0) is 19.4 Å². The number of hydrogen-bond acceptors (Lipinski definition) is 4. The maximum Gasteiger partial charge on any atom is 0.254 e. The quantitative estimate of drug-likeness (QED) is 0.938. The number of methoxy groups -OCH3 is 1. The summed E-state index contributed by atoms with van der Waals surface area (Å²) in [7, 11) is 1.57. The smallest absolute Gasteiger partial charge is 0.254 e. The molecule has 0 radical (unpaired) electrons. The number of aryl methyl sites for hydroxylation is 1. The van der Waals surface area contributed by atoms with E-state index in [9.17, 15) is 9.18 Å². The van der Waals surface area contributed by atoms with Crippen molar-refractivity contribution in [2.75, 3.05) is 20.2 Å². The predicted molar refractivity (Wildman–Crippen MR) is 85.2 cm³/mol. The van der Waals surface area contributed by atoms with Crippen LogP contribution in [-0.4, -0.2) is 35.1 Å². The Labute approximate surface area is 134 Å². The van der Waals surface area contributed by atoms with Gasteiger partial charge in [0.25, 0.3) is 5.56 Å². The fraction of sp³-hybridized carbons (Fsp3) is 0.412. The highest BCUT2D eigenvalue weighted by atomic mass is 19.1. The highest BCUT2D eigenvalue weighted by Gasteiger charge is 2.19. The molecule has 0 bridgehead atoms. The molecule has 1 aromatic heterocycles. The van der Waals surface area contributed by atoms with E-state index in [1.165, 1.54) is 6.07 Å². The van der Waals surface area contributed by atoms with Crippen molar-refractivity contribution in [3.63, 3.8) is 0 Å². The molecule has 0 amide bonds. The number of halogens is 1. The molecule has 23 heavy (non-hydrogen) atoms. The van der Waals surface area contributed by atoms with Gasteiger partial charge in [0.15, 0.2) is 0 Å². The molecular formula is C17H20FN3O2. The number of ether oxygens (including phenoxy) is 1. The fourth-order valence-electron chi connectivity index (χ4n) is 2.98. The Bertz CT molecular complexity index is 773. The van der Waals surface area contributed by atoms with Gasteiger partial charge in [0, 0.05) is 37.2 Å². The maximum atomic E-state index is 14.0. The van der Waals surface area contributed by atoms with Gasteiger partial charge in [0.1, 0.15) is 17.4 Å². The Morgan fingerprint density at radius 1 is 1.35 bits per heavy atom. The van der Waals surface area contributed by atoms with E-state index in [1.807, 2.05) is 0 Å². The molecule has 0 unspecified atom stereocenters. The molecule has 1 aromatic carbocycles. The zero-order valence-corrected chi connectivity index (χ0v) is 13.4. The summed E-state index contributed by atoms with van der Waals surface area (Å²) in [5.41, 5.74) is 2.17. The lowest BCUT2D eigenvalue weighted by atomic mass is 10.1. The number of aromatic nitrogens is 2. The lowest BCUT2D eigenvalue weighted by molar-refractivity contribution is 0.274. The summed E-state index contributed by atoms with van der Waals surface area (Å²) in [6.45, 7) is 3.74. The molecule has 6 heteroatoms. The third-order valence-electron chi connectivity index (χ3n) is 4.21. The summed E-state index contributed by atoms with van der Waals surface area (Å²) in [6, 6.07) is 4.77. The van der Waals surface area contributed by atoms with Gasteiger partial charge in [-0.2, -0.15) is 0 Å². The average molecular weight is 317 g/mol. The van der Waals surface area contributed by atoms with Gasteiger partial charge in [-0.25, -0.2) is 9.37 Å². The first kappa shape index (κ1) is 15.7. The van der Waals surface area contributed by atoms with Gasteiger partial charge >= 0.3 is 0 Å². The predicted octanol–water partition coefficient (Wildman–Crippen LogP) is 1.83. The van der Waals surface area contributed by atoms with Gasteiger partial charge in [-0.05, 0) is 31.5 Å². The molecule has 122 valence electrons. The van der Waals surface area contributed by atoms with E-state index in [4.69, 9.17) is 4.74 Å². The number of aromatic amines is 1. The number of H-pyrrole nitrogens is 1. The fourth-order valence-corrected chi connectivity index (χ4v) is 2.98. The van der Waals surface area contributed by atoms with Crippen molar-refractivity contribution in [2.24, 2.45) is 0 Å². The van der Waals surface area contributed by atoms with E-state index in [1.54, 1.807) is 26.2 Å². The number of hydrogen-bond donors (Lipinski definition) is 1. The second-order valence-corrected chi connectivity index (χ2v) is 5.81. The summed E-state index contributed by atoms with van der Waals surface area (Å²) < 4.78 is 19.2. The van der Waals surface area contributed by atoms with E-state index in [0.29, 0.717) is 43.1 Å². The molecule has 2 aromatic rings. The molecule has 1 aliphatic heterocycles.